The summed E-state index contributed by atoms with van der Waals surface area (Å²) in [5.41, 5.74) is 5.54. The van der Waals surface area contributed by atoms with Crippen molar-refractivity contribution in [1.82, 2.24) is 0 Å². The highest BCUT2D eigenvalue weighted by atomic mass is 28.3. The Morgan fingerprint density at radius 2 is 1.82 bits per heavy atom. The second-order valence-electron chi connectivity index (χ2n) is 4.62. The third-order valence-corrected chi connectivity index (χ3v) is 3.86. The maximum atomic E-state index is 5.54. The van der Waals surface area contributed by atoms with Crippen LogP contribution in [-0.4, -0.2) is 14.6 Å². The van der Waals surface area contributed by atoms with Gasteiger partial charge in [-0.3, -0.25) is 0 Å². The molecule has 1 nitrogen and oxygen atoms in total. The first-order valence-electron chi connectivity index (χ1n) is 4.69. The summed E-state index contributed by atoms with van der Waals surface area (Å²) in [6.07, 6.45) is 2.53. The molecule has 0 radical (unpaired) electrons. The van der Waals surface area contributed by atoms with Gasteiger partial charge in [-0.2, -0.15) is 0 Å². The average Bonchev–Trinajstić information content (AvgIpc) is 1.84. The van der Waals surface area contributed by atoms with Crippen LogP contribution in [0.5, 0.6) is 0 Å². The van der Waals surface area contributed by atoms with Crippen LogP contribution in [0, 0.1) is 5.92 Å². The zero-order valence-electron chi connectivity index (χ0n) is 8.48. The van der Waals surface area contributed by atoms with E-state index in [9.17, 15) is 0 Å². The molecule has 0 amide bonds. The summed E-state index contributed by atoms with van der Waals surface area (Å²) < 4.78 is 0. The number of nitrogens with two attached hydrogens (primary N) is 1. The molecule has 0 spiro atoms. The van der Waals surface area contributed by atoms with Crippen molar-refractivity contribution in [2.75, 3.05) is 6.54 Å². The molecule has 68 valence electrons. The minimum absolute atomic E-state index is 0.834. The molecule has 2 N–H and O–H groups in total. The Balaban J connectivity index is 3.68. The molecule has 0 saturated heterocycles. The van der Waals surface area contributed by atoms with Crippen LogP contribution < -0.4 is 5.73 Å². The summed E-state index contributed by atoms with van der Waals surface area (Å²) >= 11 is 0. The molecule has 0 aromatic rings. The van der Waals surface area contributed by atoms with E-state index < -0.39 is 8.07 Å². The van der Waals surface area contributed by atoms with Gasteiger partial charge in [-0.15, -0.1) is 0 Å². The van der Waals surface area contributed by atoms with Crippen molar-refractivity contribution in [3.63, 3.8) is 0 Å². The first kappa shape index (κ1) is 11.2. The van der Waals surface area contributed by atoms with Crippen LogP contribution in [0.1, 0.15) is 19.8 Å². The molecule has 1 atom stereocenters. The Labute approximate surface area is 72.4 Å². The molecular weight excluding hydrogens is 150 g/mol. The van der Waals surface area contributed by atoms with Crippen LogP contribution in [0.15, 0.2) is 0 Å². The number of rotatable bonds is 5. The molecule has 0 aliphatic rings. The molecule has 0 aromatic carbocycles. The molecule has 0 heterocycles. The number of hydrogen-bond donors (Lipinski definition) is 1. The first-order chi connectivity index (χ1) is 4.99. The molecule has 0 aliphatic heterocycles. The van der Waals surface area contributed by atoms with E-state index in [2.05, 4.69) is 26.6 Å². The van der Waals surface area contributed by atoms with Crippen LogP contribution >= 0.6 is 0 Å². The van der Waals surface area contributed by atoms with Crippen molar-refractivity contribution < 1.29 is 0 Å². The Morgan fingerprint density at radius 3 is 2.09 bits per heavy atom. The zero-order chi connectivity index (χ0) is 8.91. The molecule has 0 fully saturated rings. The van der Waals surface area contributed by atoms with Crippen molar-refractivity contribution in [2.24, 2.45) is 11.7 Å². The molecular formula is C9H23NSi. The lowest BCUT2D eigenvalue weighted by Gasteiger charge is -2.22. The van der Waals surface area contributed by atoms with E-state index in [0.717, 1.165) is 12.5 Å². The lowest BCUT2D eigenvalue weighted by atomic mass is 10.1. The van der Waals surface area contributed by atoms with Gasteiger partial charge in [0.25, 0.3) is 0 Å². The average molecular weight is 173 g/mol. The van der Waals surface area contributed by atoms with Crippen molar-refractivity contribution in [2.45, 2.75) is 45.5 Å². The van der Waals surface area contributed by atoms with Gasteiger partial charge in [-0.05, 0) is 18.9 Å². The molecule has 1 unspecified atom stereocenters. The predicted octanol–water partition coefficient (Wildman–Crippen LogP) is 2.70. The molecule has 0 saturated carbocycles. The smallest absolute Gasteiger partial charge is 0.0445 e. The second kappa shape index (κ2) is 4.94. The van der Waals surface area contributed by atoms with Gasteiger partial charge in [0.1, 0.15) is 0 Å². The van der Waals surface area contributed by atoms with Crippen LogP contribution in [0.2, 0.25) is 25.7 Å². The largest absolute Gasteiger partial charge is 0.330 e. The zero-order valence-corrected chi connectivity index (χ0v) is 9.48. The SMILES string of the molecule is CCC(CCN)C[Si](C)(C)C. The van der Waals surface area contributed by atoms with Gasteiger partial charge in [-0.25, -0.2) is 0 Å². The minimum atomic E-state index is -0.834. The first-order valence-corrected chi connectivity index (χ1v) is 8.40. The Kier molecular flexibility index (Phi) is 5.02. The van der Waals surface area contributed by atoms with E-state index in [4.69, 9.17) is 5.73 Å². The van der Waals surface area contributed by atoms with E-state index in [0.29, 0.717) is 0 Å². The lowest BCUT2D eigenvalue weighted by Crippen LogP contribution is -2.24. The van der Waals surface area contributed by atoms with Crippen LogP contribution in [0.3, 0.4) is 0 Å². The summed E-state index contributed by atoms with van der Waals surface area (Å²) in [4.78, 5) is 0. The summed E-state index contributed by atoms with van der Waals surface area (Å²) in [6.45, 7) is 10.5. The summed E-state index contributed by atoms with van der Waals surface area (Å²) in [7, 11) is -0.834. The van der Waals surface area contributed by atoms with Gasteiger partial charge in [-0.1, -0.05) is 39.0 Å². The third-order valence-electron chi connectivity index (χ3n) is 2.05. The third kappa shape index (κ3) is 6.57. The van der Waals surface area contributed by atoms with E-state index in [1.807, 2.05) is 0 Å². The van der Waals surface area contributed by atoms with Gasteiger partial charge in [0, 0.05) is 8.07 Å². The maximum absolute atomic E-state index is 5.54. The molecule has 11 heavy (non-hydrogen) atoms. The van der Waals surface area contributed by atoms with Gasteiger partial charge in [0.2, 0.25) is 0 Å². The van der Waals surface area contributed by atoms with Crippen LogP contribution in [0.4, 0.5) is 0 Å². The van der Waals surface area contributed by atoms with Gasteiger partial charge in [0.15, 0.2) is 0 Å². The van der Waals surface area contributed by atoms with E-state index in [-0.39, 0.29) is 0 Å². The molecule has 2 heteroatoms. The second-order valence-corrected chi connectivity index (χ2v) is 10.1. The highest BCUT2D eigenvalue weighted by Gasteiger charge is 2.18. The molecule has 0 aromatic heterocycles. The van der Waals surface area contributed by atoms with E-state index in [1.165, 1.54) is 18.9 Å². The van der Waals surface area contributed by atoms with E-state index in [1.54, 1.807) is 0 Å². The Hall–Kier alpha value is 0.177. The van der Waals surface area contributed by atoms with Gasteiger partial charge in [0.05, 0.1) is 0 Å². The fraction of sp³-hybridized carbons (Fsp3) is 1.00. The summed E-state index contributed by atoms with van der Waals surface area (Å²) in [5, 5.41) is 0. The fourth-order valence-electron chi connectivity index (χ4n) is 1.55. The highest BCUT2D eigenvalue weighted by Crippen LogP contribution is 2.21. The fourth-order valence-corrected chi connectivity index (χ4v) is 3.78. The van der Waals surface area contributed by atoms with Crippen molar-refractivity contribution in [3.05, 3.63) is 0 Å². The Morgan fingerprint density at radius 1 is 1.27 bits per heavy atom. The molecule has 0 aliphatic carbocycles. The molecule has 0 bridgehead atoms. The van der Waals surface area contributed by atoms with Gasteiger partial charge >= 0.3 is 0 Å². The summed E-state index contributed by atoms with van der Waals surface area (Å²) in [6, 6.07) is 1.45. The monoisotopic (exact) mass is 173 g/mol. The maximum Gasteiger partial charge on any atom is 0.0445 e. The standard InChI is InChI=1S/C9H23NSi/c1-5-9(6-7-10)8-11(2,3)4/h9H,5-8,10H2,1-4H3. The normalized spacial score (nSPS) is 15.0. The van der Waals surface area contributed by atoms with E-state index >= 15 is 0 Å². The lowest BCUT2D eigenvalue weighted by molar-refractivity contribution is 0.517. The highest BCUT2D eigenvalue weighted by molar-refractivity contribution is 6.76. The Bertz CT molecular complexity index is 96.2. The van der Waals surface area contributed by atoms with Crippen molar-refractivity contribution in [1.29, 1.82) is 0 Å². The van der Waals surface area contributed by atoms with Crippen molar-refractivity contribution >= 4 is 8.07 Å². The van der Waals surface area contributed by atoms with Crippen molar-refractivity contribution in [3.8, 4) is 0 Å². The quantitative estimate of drug-likeness (QED) is 0.636. The van der Waals surface area contributed by atoms with Crippen LogP contribution in [0.25, 0.3) is 0 Å². The number of hydrogen-bond acceptors (Lipinski definition) is 1. The minimum Gasteiger partial charge on any atom is -0.330 e. The van der Waals surface area contributed by atoms with Gasteiger partial charge < -0.3 is 5.73 Å². The topological polar surface area (TPSA) is 26.0 Å². The predicted molar refractivity (Wildman–Crippen MR) is 55.6 cm³/mol. The summed E-state index contributed by atoms with van der Waals surface area (Å²) in [5.74, 6) is 0.895. The van der Waals surface area contributed by atoms with Crippen LogP contribution in [-0.2, 0) is 0 Å². The molecule has 0 rings (SSSR count).